The number of aromatic amines is 1. The topological polar surface area (TPSA) is 67.9 Å². The van der Waals surface area contributed by atoms with Gasteiger partial charge >= 0.3 is 24.8 Å². The normalized spacial score (nSPS) is 16.1. The molecule has 0 atom stereocenters. The van der Waals surface area contributed by atoms with Crippen LogP contribution in [0.25, 0.3) is 0 Å². The van der Waals surface area contributed by atoms with Crippen LogP contribution in [0.3, 0.4) is 0 Å². The van der Waals surface area contributed by atoms with Gasteiger partial charge in [-0.3, -0.25) is 0 Å². The summed E-state index contributed by atoms with van der Waals surface area (Å²) in [5.74, 6) is 0.792. The summed E-state index contributed by atoms with van der Waals surface area (Å²) in [5.41, 5.74) is 2.95. The van der Waals surface area contributed by atoms with E-state index >= 15 is 0 Å². The van der Waals surface area contributed by atoms with E-state index in [1.807, 2.05) is 18.5 Å². The van der Waals surface area contributed by atoms with Gasteiger partial charge in [-0.25, -0.2) is 0 Å². The molecule has 4 saturated heterocycles. The van der Waals surface area contributed by atoms with E-state index in [2.05, 4.69) is 259 Å². The van der Waals surface area contributed by atoms with E-state index in [1.54, 1.807) is 0 Å². The number of aromatic nitrogens is 4. The summed E-state index contributed by atoms with van der Waals surface area (Å²) in [6, 6.07) is 10.5. The molecule has 4 aromatic heterocycles. The first-order chi connectivity index (χ1) is 34.5. The molecule has 4 aliphatic heterocycles. The van der Waals surface area contributed by atoms with E-state index in [9.17, 15) is 0 Å². The van der Waals surface area contributed by atoms with Gasteiger partial charge in [0, 0.05) is 96.3 Å². The Kier molecular flexibility index (Phi) is 36.6. The fraction of sp³-hybridized carbons (Fsp3) is 0.714. The monoisotopic (exact) mass is 1270 g/mol. The molecule has 9 nitrogen and oxygen atoms in total. The quantitative estimate of drug-likeness (QED) is 0.0892. The first kappa shape index (κ1) is 70.4. The zero-order valence-electron chi connectivity index (χ0n) is 48.0. The molecule has 0 bridgehead atoms. The summed E-state index contributed by atoms with van der Waals surface area (Å²) in [5, 5.41) is 0.738. The van der Waals surface area contributed by atoms with Gasteiger partial charge in [0.05, 0.1) is 0 Å². The molecule has 0 unspecified atom stereocenters. The first-order valence-electron chi connectivity index (χ1n) is 27.2. The van der Waals surface area contributed by atoms with Crippen LogP contribution in [0.15, 0.2) is 97.6 Å². The van der Waals surface area contributed by atoms with Crippen molar-refractivity contribution in [2.24, 2.45) is 4.30 Å². The van der Waals surface area contributed by atoms with Crippen molar-refractivity contribution >= 4 is 96.3 Å². The zero-order valence-corrected chi connectivity index (χ0v) is 56.4. The minimum atomic E-state index is -1.62. The molecule has 0 amide bonds. The number of hydrogen-bond acceptors (Lipinski definition) is 6. The molecule has 8 rings (SSSR count). The van der Waals surface area contributed by atoms with Crippen LogP contribution in [0.1, 0.15) is 148 Å². The van der Waals surface area contributed by atoms with Crippen LogP contribution in [0.4, 0.5) is 0 Å². The SMILES string of the molecule is Brc1cc[nH]c1.Brc1ccn(CCN2CCCC2)c1.C1CCOC1.C1CCOC1.CC(C)[Si](C(C)C)(n1ccc(Br)c1)C(C)(C)C.CC(C)[Si](C(C)C)(n1cccc1)C(C)(C)C.ClCCN1CCCC1.[B]=NS. The third kappa shape index (κ3) is 24.9. The van der Waals surface area contributed by atoms with Gasteiger partial charge in [-0.2, -0.15) is 0 Å². The van der Waals surface area contributed by atoms with Crippen molar-refractivity contribution in [1.29, 1.82) is 0 Å². The van der Waals surface area contributed by atoms with Crippen LogP contribution in [0, 0.1) is 0 Å². The Morgan fingerprint density at radius 1 is 0.589 bits per heavy atom. The number of nitrogens with zero attached hydrogens (tertiary/aromatic N) is 6. The van der Waals surface area contributed by atoms with Gasteiger partial charge in [0.15, 0.2) is 16.5 Å². The van der Waals surface area contributed by atoms with Gasteiger partial charge in [-0.1, -0.05) is 96.9 Å². The molecule has 0 spiro atoms. The summed E-state index contributed by atoms with van der Waals surface area (Å²) in [4.78, 5) is 7.83. The summed E-state index contributed by atoms with van der Waals surface area (Å²) in [6.45, 7) is 46.2. The second kappa shape index (κ2) is 38.0. The van der Waals surface area contributed by atoms with Crippen LogP contribution in [-0.4, -0.2) is 124 Å². The van der Waals surface area contributed by atoms with Gasteiger partial charge in [0.1, 0.15) is 0 Å². The number of H-pyrrole nitrogens is 1. The van der Waals surface area contributed by atoms with Crippen LogP contribution in [0.2, 0.25) is 32.2 Å². The molecule has 417 valence electrons. The summed E-state index contributed by atoms with van der Waals surface area (Å²) in [6.07, 6.45) is 27.7. The number of halogens is 4. The van der Waals surface area contributed by atoms with E-state index in [4.69, 9.17) is 21.1 Å². The molecule has 4 aromatic rings. The molecule has 17 heteroatoms. The van der Waals surface area contributed by atoms with Crippen LogP contribution < -0.4 is 0 Å². The number of likely N-dealkylation sites (tertiary alicyclic amines) is 2. The molecule has 0 aromatic carbocycles. The number of thiol groups is 1. The Morgan fingerprint density at radius 2 is 0.986 bits per heavy atom. The van der Waals surface area contributed by atoms with Crippen molar-refractivity contribution in [1.82, 2.24) is 27.8 Å². The number of rotatable bonds is 11. The number of hydrogen-bond donors (Lipinski definition) is 2. The number of nitrogens with one attached hydrogen (secondary N) is 1. The van der Waals surface area contributed by atoms with E-state index < -0.39 is 16.5 Å². The molecule has 1 N–H and O–H groups in total. The van der Waals surface area contributed by atoms with Crippen molar-refractivity contribution in [3.63, 3.8) is 0 Å². The van der Waals surface area contributed by atoms with Crippen LogP contribution in [0.5, 0.6) is 0 Å². The Bertz CT molecular complexity index is 1880. The zero-order chi connectivity index (χ0) is 55.1. The third-order valence-corrected chi connectivity index (χ3v) is 30.2. The average molecular weight is 1280 g/mol. The van der Waals surface area contributed by atoms with Gasteiger partial charge in [0.25, 0.3) is 0 Å². The van der Waals surface area contributed by atoms with Gasteiger partial charge in [-0.05, 0) is 206 Å². The predicted molar refractivity (Wildman–Crippen MR) is 339 cm³/mol. The molecule has 73 heavy (non-hydrogen) atoms. The second-order valence-electron chi connectivity index (χ2n) is 22.7. The second-order valence-corrected chi connectivity index (χ2v) is 38.0. The molecule has 0 aliphatic carbocycles. The van der Waals surface area contributed by atoms with Crippen molar-refractivity contribution in [3.8, 4) is 0 Å². The molecule has 4 fully saturated rings. The Balaban J connectivity index is 0.000000440. The fourth-order valence-electron chi connectivity index (χ4n) is 12.2. The average Bonchev–Trinajstić information content (AvgIpc) is 4.15. The summed E-state index contributed by atoms with van der Waals surface area (Å²) >= 11 is 19.0. The Labute approximate surface area is 486 Å². The Hall–Kier alpha value is -0.661. The first-order valence-corrected chi connectivity index (χ1v) is 34.8. The minimum absolute atomic E-state index is 0.355. The van der Waals surface area contributed by atoms with E-state index in [1.165, 1.54) is 93.0 Å². The van der Waals surface area contributed by atoms with Crippen molar-refractivity contribution in [2.75, 3.05) is 71.6 Å². The maximum atomic E-state index is 5.54. The van der Waals surface area contributed by atoms with Gasteiger partial charge in [0.2, 0.25) is 0 Å². The molecule has 4 aliphatic rings. The van der Waals surface area contributed by atoms with E-state index in [0.29, 0.717) is 10.1 Å². The third-order valence-electron chi connectivity index (χ3n) is 14.4. The summed E-state index contributed by atoms with van der Waals surface area (Å²) in [7, 11) is 1.16. The van der Waals surface area contributed by atoms with Crippen molar-refractivity contribution in [3.05, 3.63) is 93.3 Å². The Morgan fingerprint density at radius 3 is 1.26 bits per heavy atom. The number of alkyl halides is 1. The van der Waals surface area contributed by atoms with Crippen LogP contribution >= 0.6 is 72.2 Å². The van der Waals surface area contributed by atoms with Gasteiger partial charge in [-0.15, -0.1) is 11.6 Å². The van der Waals surface area contributed by atoms with E-state index in [-0.39, 0.29) is 0 Å². The van der Waals surface area contributed by atoms with Crippen LogP contribution in [-0.2, 0) is 16.0 Å². The predicted octanol–water partition coefficient (Wildman–Crippen LogP) is 17.8. The molecule has 8 heterocycles. The van der Waals surface area contributed by atoms with Crippen molar-refractivity contribution < 1.29 is 9.47 Å². The van der Waals surface area contributed by atoms with Crippen molar-refractivity contribution in [2.45, 2.75) is 187 Å². The molecular formula is C56H101BBr3ClN7O2SSi2. The maximum absolute atomic E-state index is 5.54. The standard InChI is InChI=1S/C14H26BrNSi.C14H27NSi.C10H15BrN2.C6H12ClN.C4H4BrN.2C4H8O.BHNS/c1-11(2)17(12(3)4,14(5,6)7)16-9-8-13(15)10-16;1-12(2)16(13(3)4,14(5,6)7)15-10-8-9-11-15;11-10-3-6-13(9-10)8-7-12-4-1-2-5-12;7-3-6-8-4-1-2-5-8;5-4-1-2-6-3-4;2*1-2-4-5-3-1;1-2-3/h8-12H,1-7H3;8-13H,1-7H3;3,6,9H,1-2,4-5,7-8H2;1-6H2;1-3,6H;2*1-4H2;3H. The fourth-order valence-corrected chi connectivity index (χ4v) is 28.5. The van der Waals surface area contributed by atoms with E-state index in [0.717, 1.165) is 72.0 Å². The molecule has 1 radical (unpaired) electrons. The molecular weight excluding hydrogens is 1180 g/mol. The van der Waals surface area contributed by atoms with Gasteiger partial charge < -0.3 is 37.3 Å². The summed E-state index contributed by atoms with van der Waals surface area (Å²) < 4.78 is 23.4. The molecule has 0 saturated carbocycles. The number of ether oxygens (including phenoxy) is 2.